The fraction of sp³-hybridized carbons (Fsp3) is 0.250. The number of hydrogen-bond donors (Lipinski definition) is 1. The summed E-state index contributed by atoms with van der Waals surface area (Å²) in [5, 5.41) is 12.5. The van der Waals surface area contributed by atoms with Gasteiger partial charge in [0.2, 0.25) is 5.91 Å². The van der Waals surface area contributed by atoms with Crippen molar-refractivity contribution < 1.29 is 9.53 Å². The van der Waals surface area contributed by atoms with Gasteiger partial charge in [-0.2, -0.15) is 0 Å². The van der Waals surface area contributed by atoms with Gasteiger partial charge in [-0.15, -0.1) is 10.2 Å². The van der Waals surface area contributed by atoms with E-state index in [9.17, 15) is 4.79 Å². The van der Waals surface area contributed by atoms with E-state index in [0.717, 1.165) is 41.5 Å². The van der Waals surface area contributed by atoms with E-state index in [-0.39, 0.29) is 23.9 Å². The van der Waals surface area contributed by atoms with Crippen molar-refractivity contribution in [1.82, 2.24) is 14.8 Å². The molecule has 1 aliphatic rings. The molecule has 1 aromatic heterocycles. The Morgan fingerprint density at radius 2 is 1.53 bits per heavy atom. The quantitative estimate of drug-likeness (QED) is 0.349. The number of amides is 1. The van der Waals surface area contributed by atoms with Crippen LogP contribution in [0.15, 0.2) is 90.1 Å². The van der Waals surface area contributed by atoms with Crippen molar-refractivity contribution in [2.45, 2.75) is 31.2 Å². The highest BCUT2D eigenvalue weighted by molar-refractivity contribution is 7.99. The van der Waals surface area contributed by atoms with E-state index in [1.807, 2.05) is 89.5 Å². The lowest BCUT2D eigenvalue weighted by molar-refractivity contribution is -0.113. The molecule has 36 heavy (non-hydrogen) atoms. The molecular formula is C28H29N5O2S. The summed E-state index contributed by atoms with van der Waals surface area (Å²) in [6, 6.07) is 27.9. The van der Waals surface area contributed by atoms with Gasteiger partial charge in [-0.3, -0.25) is 9.36 Å². The number of carbonyl (C=O) groups excluding carboxylic acids is 1. The fourth-order valence-corrected chi connectivity index (χ4v) is 5.17. The van der Waals surface area contributed by atoms with Crippen LogP contribution in [0.2, 0.25) is 0 Å². The first-order valence-corrected chi connectivity index (χ1v) is 13.0. The molecule has 2 unspecified atom stereocenters. The maximum atomic E-state index is 12.8. The number of thioether (sulfide) groups is 1. The van der Waals surface area contributed by atoms with Gasteiger partial charge >= 0.3 is 0 Å². The number of aromatic nitrogens is 3. The largest absolute Gasteiger partial charge is 0.372 e. The fourth-order valence-electron chi connectivity index (χ4n) is 4.42. The Balaban J connectivity index is 1.26. The first-order chi connectivity index (χ1) is 17.6. The third kappa shape index (κ3) is 5.61. The number of rotatable bonds is 7. The highest BCUT2D eigenvalue weighted by Crippen LogP contribution is 2.28. The zero-order valence-corrected chi connectivity index (χ0v) is 21.2. The molecule has 1 amide bonds. The molecular weight excluding hydrogens is 470 g/mol. The molecule has 3 aromatic carbocycles. The zero-order valence-electron chi connectivity index (χ0n) is 20.4. The Labute approximate surface area is 215 Å². The van der Waals surface area contributed by atoms with Crippen LogP contribution in [-0.2, 0) is 9.53 Å². The lowest BCUT2D eigenvalue weighted by Gasteiger charge is -2.36. The van der Waals surface area contributed by atoms with Gasteiger partial charge in [0.25, 0.3) is 0 Å². The summed E-state index contributed by atoms with van der Waals surface area (Å²) in [7, 11) is 0. The van der Waals surface area contributed by atoms with E-state index >= 15 is 0 Å². The topological polar surface area (TPSA) is 72.3 Å². The van der Waals surface area contributed by atoms with Crippen LogP contribution in [0.25, 0.3) is 17.1 Å². The minimum absolute atomic E-state index is 0.0924. The minimum atomic E-state index is -0.0924. The Kier molecular flexibility index (Phi) is 7.34. The van der Waals surface area contributed by atoms with Crippen LogP contribution in [0.3, 0.4) is 0 Å². The van der Waals surface area contributed by atoms with Gasteiger partial charge in [0.05, 0.1) is 18.0 Å². The number of para-hydroxylation sites is 1. The molecule has 8 heteroatoms. The summed E-state index contributed by atoms with van der Waals surface area (Å²) in [4.78, 5) is 15.1. The standard InChI is InChI=1S/C28H29N5O2S/c1-20-17-32(18-21(2)35-20)24-15-13-23(14-16-24)29-26(34)19-36-28-31-30-27(22-9-5-3-6-10-22)33(28)25-11-7-4-8-12-25/h3-16,20-21H,17-19H2,1-2H3,(H,29,34). The van der Waals surface area contributed by atoms with E-state index in [0.29, 0.717) is 5.16 Å². The number of nitrogens with zero attached hydrogens (tertiary/aromatic N) is 4. The molecule has 1 saturated heterocycles. The predicted molar refractivity (Wildman–Crippen MR) is 145 cm³/mol. The van der Waals surface area contributed by atoms with E-state index in [2.05, 4.69) is 34.3 Å². The summed E-state index contributed by atoms with van der Waals surface area (Å²) >= 11 is 1.37. The summed E-state index contributed by atoms with van der Waals surface area (Å²) < 4.78 is 7.82. The van der Waals surface area contributed by atoms with Crippen LogP contribution >= 0.6 is 11.8 Å². The lowest BCUT2D eigenvalue weighted by Crippen LogP contribution is -2.45. The van der Waals surface area contributed by atoms with Gasteiger partial charge < -0.3 is 15.0 Å². The van der Waals surface area contributed by atoms with Crippen LogP contribution in [0, 0.1) is 0 Å². The number of benzene rings is 3. The van der Waals surface area contributed by atoms with Gasteiger partial charge in [0.1, 0.15) is 0 Å². The molecule has 2 heterocycles. The molecule has 0 saturated carbocycles. The number of morpholine rings is 1. The van der Waals surface area contributed by atoms with Gasteiger partial charge in [0, 0.05) is 35.7 Å². The Morgan fingerprint density at radius 3 is 2.19 bits per heavy atom. The van der Waals surface area contributed by atoms with Crippen LogP contribution in [0.4, 0.5) is 11.4 Å². The smallest absolute Gasteiger partial charge is 0.234 e. The second-order valence-corrected chi connectivity index (χ2v) is 9.83. The molecule has 0 spiro atoms. The van der Waals surface area contributed by atoms with E-state index in [4.69, 9.17) is 4.74 Å². The van der Waals surface area contributed by atoms with Crippen LogP contribution in [0.5, 0.6) is 0 Å². The zero-order chi connectivity index (χ0) is 24.9. The van der Waals surface area contributed by atoms with Crippen molar-refractivity contribution in [2.24, 2.45) is 0 Å². The molecule has 184 valence electrons. The van der Waals surface area contributed by atoms with Crippen molar-refractivity contribution in [1.29, 1.82) is 0 Å². The number of carbonyl (C=O) groups is 1. The highest BCUT2D eigenvalue weighted by Gasteiger charge is 2.22. The van der Waals surface area contributed by atoms with Crippen LogP contribution in [0.1, 0.15) is 13.8 Å². The monoisotopic (exact) mass is 499 g/mol. The Hall–Kier alpha value is -3.62. The van der Waals surface area contributed by atoms with Gasteiger partial charge in [0.15, 0.2) is 11.0 Å². The number of anilines is 2. The summed E-state index contributed by atoms with van der Waals surface area (Å²) in [6.07, 6.45) is 0.399. The average molecular weight is 500 g/mol. The Morgan fingerprint density at radius 1 is 0.889 bits per heavy atom. The first-order valence-electron chi connectivity index (χ1n) is 12.1. The van der Waals surface area contributed by atoms with Gasteiger partial charge in [-0.05, 0) is 50.2 Å². The molecule has 4 aromatic rings. The molecule has 1 N–H and O–H groups in total. The SMILES string of the molecule is CC1CN(c2ccc(NC(=O)CSc3nnc(-c4ccccc4)n3-c3ccccc3)cc2)CC(C)O1. The van der Waals surface area contributed by atoms with Crippen molar-refractivity contribution in [3.63, 3.8) is 0 Å². The summed E-state index contributed by atoms with van der Waals surface area (Å²) in [5.74, 6) is 0.872. The molecule has 1 aliphatic heterocycles. The minimum Gasteiger partial charge on any atom is -0.372 e. The normalized spacial score (nSPS) is 17.7. The van der Waals surface area contributed by atoms with Gasteiger partial charge in [-0.1, -0.05) is 60.3 Å². The van der Waals surface area contributed by atoms with E-state index in [1.165, 1.54) is 11.8 Å². The molecule has 2 atom stereocenters. The molecule has 0 aliphatic carbocycles. The number of hydrogen-bond acceptors (Lipinski definition) is 6. The van der Waals surface area contributed by atoms with Crippen molar-refractivity contribution >= 4 is 29.0 Å². The third-order valence-electron chi connectivity index (χ3n) is 5.95. The summed E-state index contributed by atoms with van der Waals surface area (Å²) in [5.41, 5.74) is 3.82. The van der Waals surface area contributed by atoms with Crippen molar-refractivity contribution in [3.8, 4) is 17.1 Å². The molecule has 0 bridgehead atoms. The van der Waals surface area contributed by atoms with Crippen LogP contribution in [-0.4, -0.2) is 51.7 Å². The van der Waals surface area contributed by atoms with Gasteiger partial charge in [-0.25, -0.2) is 0 Å². The summed E-state index contributed by atoms with van der Waals surface area (Å²) in [6.45, 7) is 5.91. The molecule has 0 radical (unpaired) electrons. The maximum Gasteiger partial charge on any atom is 0.234 e. The molecule has 5 rings (SSSR count). The number of nitrogens with one attached hydrogen (secondary N) is 1. The molecule has 7 nitrogen and oxygen atoms in total. The van der Waals surface area contributed by atoms with Crippen molar-refractivity contribution in [3.05, 3.63) is 84.9 Å². The second kappa shape index (κ2) is 11.0. The van der Waals surface area contributed by atoms with E-state index in [1.54, 1.807) is 0 Å². The predicted octanol–water partition coefficient (Wildman–Crippen LogP) is 5.28. The highest BCUT2D eigenvalue weighted by atomic mass is 32.2. The van der Waals surface area contributed by atoms with Crippen LogP contribution < -0.4 is 10.2 Å². The lowest BCUT2D eigenvalue weighted by atomic mass is 10.2. The number of ether oxygens (including phenoxy) is 1. The van der Waals surface area contributed by atoms with Crippen molar-refractivity contribution in [2.75, 3.05) is 29.1 Å². The van der Waals surface area contributed by atoms with E-state index < -0.39 is 0 Å². The first kappa shape index (κ1) is 24.1. The third-order valence-corrected chi connectivity index (χ3v) is 6.88. The average Bonchev–Trinajstić information content (AvgIpc) is 3.32. The Bertz CT molecular complexity index is 1280. The maximum absolute atomic E-state index is 12.8. The molecule has 1 fully saturated rings. The second-order valence-electron chi connectivity index (χ2n) is 8.89.